The van der Waals surface area contributed by atoms with E-state index in [0.717, 1.165) is 31.6 Å². The molecule has 0 atom stereocenters. The van der Waals surface area contributed by atoms with Gasteiger partial charge in [0.1, 0.15) is 0 Å². The quantitative estimate of drug-likeness (QED) is 0.703. The highest BCUT2D eigenvalue weighted by Crippen LogP contribution is 2.26. The van der Waals surface area contributed by atoms with Crippen molar-refractivity contribution in [1.82, 2.24) is 0 Å². The molecular formula is C18H26O2. The van der Waals surface area contributed by atoms with Gasteiger partial charge in [-0.3, -0.25) is 0 Å². The zero-order valence-electron chi connectivity index (χ0n) is 12.7. The van der Waals surface area contributed by atoms with Crippen LogP contribution in [0.4, 0.5) is 0 Å². The Morgan fingerprint density at radius 1 is 1.05 bits per heavy atom. The van der Waals surface area contributed by atoms with Gasteiger partial charge in [-0.15, -0.1) is 0 Å². The second-order valence-corrected chi connectivity index (χ2v) is 5.47. The van der Waals surface area contributed by atoms with E-state index in [-0.39, 0.29) is 6.29 Å². The van der Waals surface area contributed by atoms with Crippen molar-refractivity contribution in [2.75, 3.05) is 13.2 Å². The van der Waals surface area contributed by atoms with Crippen LogP contribution in [0, 0.1) is 5.92 Å². The maximum absolute atomic E-state index is 5.83. The number of rotatable bonds is 6. The predicted octanol–water partition coefficient (Wildman–Crippen LogP) is 4.66. The Hall–Kier alpha value is -1.12. The third-order valence-corrected chi connectivity index (χ3v) is 3.58. The van der Waals surface area contributed by atoms with E-state index in [4.69, 9.17) is 9.47 Å². The summed E-state index contributed by atoms with van der Waals surface area (Å²) < 4.78 is 11.7. The molecule has 0 bridgehead atoms. The second-order valence-electron chi connectivity index (χ2n) is 5.47. The highest BCUT2D eigenvalue weighted by Gasteiger charge is 2.21. The number of allylic oxidation sites excluding steroid dienone is 1. The Morgan fingerprint density at radius 3 is 2.35 bits per heavy atom. The molecule has 20 heavy (non-hydrogen) atoms. The standard InChI is InChI=1S/C18H26O2/c1-3-5-6-8-16-13-19-18(20-14-16)17-11-9-15(7-4-2)10-12-17/h6,8-12,16,18H,3-5,7,13-14H2,1-2H3/t16-,18-. The number of benzene rings is 1. The summed E-state index contributed by atoms with van der Waals surface area (Å²) in [5.41, 5.74) is 2.51. The lowest BCUT2D eigenvalue weighted by Crippen LogP contribution is -2.25. The molecule has 0 aromatic heterocycles. The van der Waals surface area contributed by atoms with Gasteiger partial charge in [0.2, 0.25) is 0 Å². The van der Waals surface area contributed by atoms with Crippen molar-refractivity contribution in [2.45, 2.75) is 45.8 Å². The zero-order valence-corrected chi connectivity index (χ0v) is 12.7. The van der Waals surface area contributed by atoms with E-state index < -0.39 is 0 Å². The molecule has 110 valence electrons. The van der Waals surface area contributed by atoms with Gasteiger partial charge in [-0.25, -0.2) is 0 Å². The van der Waals surface area contributed by atoms with Crippen molar-refractivity contribution in [3.05, 3.63) is 47.5 Å². The molecule has 0 N–H and O–H groups in total. The lowest BCUT2D eigenvalue weighted by Gasteiger charge is -2.28. The van der Waals surface area contributed by atoms with E-state index in [2.05, 4.69) is 50.3 Å². The van der Waals surface area contributed by atoms with Crippen molar-refractivity contribution >= 4 is 0 Å². The summed E-state index contributed by atoms with van der Waals surface area (Å²) in [5.74, 6) is 0.400. The fraction of sp³-hybridized carbons (Fsp3) is 0.556. The molecule has 2 heteroatoms. The fourth-order valence-electron chi connectivity index (χ4n) is 2.41. The van der Waals surface area contributed by atoms with Crippen LogP contribution >= 0.6 is 0 Å². The number of ether oxygens (including phenoxy) is 2. The van der Waals surface area contributed by atoms with E-state index in [1.807, 2.05) is 0 Å². The monoisotopic (exact) mass is 274 g/mol. The van der Waals surface area contributed by atoms with Gasteiger partial charge in [-0.2, -0.15) is 0 Å². The molecule has 2 nitrogen and oxygen atoms in total. The average molecular weight is 274 g/mol. The zero-order chi connectivity index (χ0) is 14.2. The molecule has 1 aliphatic heterocycles. The second kappa shape index (κ2) is 8.23. The first-order valence-corrected chi connectivity index (χ1v) is 7.82. The van der Waals surface area contributed by atoms with Crippen LogP contribution < -0.4 is 0 Å². The Labute approximate surface area is 122 Å². The summed E-state index contributed by atoms with van der Waals surface area (Å²) in [4.78, 5) is 0. The molecule has 1 aliphatic rings. The summed E-state index contributed by atoms with van der Waals surface area (Å²) >= 11 is 0. The molecule has 1 aromatic rings. The molecule has 0 spiro atoms. The summed E-state index contributed by atoms with van der Waals surface area (Å²) in [5, 5.41) is 0. The van der Waals surface area contributed by atoms with Crippen LogP contribution in [0.25, 0.3) is 0 Å². The maximum atomic E-state index is 5.83. The SMILES string of the molecule is CCCC=C[C@H]1CO[C@H](c2ccc(CCC)cc2)OC1. The van der Waals surface area contributed by atoms with Gasteiger partial charge in [0.15, 0.2) is 6.29 Å². The van der Waals surface area contributed by atoms with Gasteiger partial charge >= 0.3 is 0 Å². The lowest BCUT2D eigenvalue weighted by atomic mass is 10.1. The Kier molecular flexibility index (Phi) is 6.28. The van der Waals surface area contributed by atoms with Gasteiger partial charge in [0.05, 0.1) is 13.2 Å². The summed E-state index contributed by atoms with van der Waals surface area (Å²) in [6.45, 7) is 5.90. The first-order valence-electron chi connectivity index (χ1n) is 7.82. The summed E-state index contributed by atoms with van der Waals surface area (Å²) in [7, 11) is 0. The molecule has 0 aliphatic carbocycles. The van der Waals surface area contributed by atoms with Crippen molar-refractivity contribution < 1.29 is 9.47 Å². The number of hydrogen-bond donors (Lipinski definition) is 0. The minimum absolute atomic E-state index is 0.193. The molecular weight excluding hydrogens is 248 g/mol. The molecule has 1 heterocycles. The number of hydrogen-bond acceptors (Lipinski definition) is 2. The highest BCUT2D eigenvalue weighted by molar-refractivity contribution is 5.23. The average Bonchev–Trinajstić information content (AvgIpc) is 2.49. The normalized spacial score (nSPS) is 23.3. The van der Waals surface area contributed by atoms with Gasteiger partial charge in [0.25, 0.3) is 0 Å². The van der Waals surface area contributed by atoms with Crippen molar-refractivity contribution in [2.24, 2.45) is 5.92 Å². The van der Waals surface area contributed by atoms with Crippen LogP contribution in [0.15, 0.2) is 36.4 Å². The first-order chi connectivity index (χ1) is 9.83. The third kappa shape index (κ3) is 4.46. The van der Waals surface area contributed by atoms with Crippen LogP contribution in [0.2, 0.25) is 0 Å². The Morgan fingerprint density at radius 2 is 1.75 bits per heavy atom. The van der Waals surface area contributed by atoms with Crippen molar-refractivity contribution in [3.8, 4) is 0 Å². The molecule has 0 amide bonds. The molecule has 1 aromatic carbocycles. The van der Waals surface area contributed by atoms with Gasteiger partial charge < -0.3 is 9.47 Å². The molecule has 1 saturated heterocycles. The lowest BCUT2D eigenvalue weighted by molar-refractivity contribution is -0.197. The van der Waals surface area contributed by atoms with Crippen LogP contribution in [0.3, 0.4) is 0 Å². The van der Waals surface area contributed by atoms with Gasteiger partial charge in [0, 0.05) is 11.5 Å². The van der Waals surface area contributed by atoms with E-state index in [1.165, 1.54) is 18.4 Å². The molecule has 1 fully saturated rings. The first kappa shape index (κ1) is 15.3. The highest BCUT2D eigenvalue weighted by atomic mass is 16.7. The van der Waals surface area contributed by atoms with E-state index in [9.17, 15) is 0 Å². The van der Waals surface area contributed by atoms with E-state index in [1.54, 1.807) is 0 Å². The largest absolute Gasteiger partial charge is 0.348 e. The molecule has 0 radical (unpaired) electrons. The number of aryl methyl sites for hydroxylation is 1. The molecule has 2 rings (SSSR count). The van der Waals surface area contributed by atoms with Crippen molar-refractivity contribution in [3.63, 3.8) is 0 Å². The molecule has 0 unspecified atom stereocenters. The van der Waals surface area contributed by atoms with Crippen LogP contribution in [0.1, 0.15) is 50.5 Å². The van der Waals surface area contributed by atoms with E-state index >= 15 is 0 Å². The number of unbranched alkanes of at least 4 members (excludes halogenated alkanes) is 1. The van der Waals surface area contributed by atoms with Crippen molar-refractivity contribution in [1.29, 1.82) is 0 Å². The fourth-order valence-corrected chi connectivity index (χ4v) is 2.41. The smallest absolute Gasteiger partial charge is 0.183 e. The third-order valence-electron chi connectivity index (χ3n) is 3.58. The summed E-state index contributed by atoms with van der Waals surface area (Å²) in [6.07, 6.45) is 8.91. The maximum Gasteiger partial charge on any atom is 0.183 e. The van der Waals surface area contributed by atoms with Crippen LogP contribution in [-0.2, 0) is 15.9 Å². The Balaban J connectivity index is 1.83. The van der Waals surface area contributed by atoms with Gasteiger partial charge in [-0.05, 0) is 18.4 Å². The predicted molar refractivity (Wildman–Crippen MR) is 82.6 cm³/mol. The topological polar surface area (TPSA) is 18.5 Å². The summed E-state index contributed by atoms with van der Waals surface area (Å²) in [6, 6.07) is 8.61. The minimum Gasteiger partial charge on any atom is -0.348 e. The molecule has 0 saturated carbocycles. The van der Waals surface area contributed by atoms with Crippen LogP contribution in [0.5, 0.6) is 0 Å². The van der Waals surface area contributed by atoms with Crippen LogP contribution in [-0.4, -0.2) is 13.2 Å². The van der Waals surface area contributed by atoms with Gasteiger partial charge in [-0.1, -0.05) is 63.1 Å². The Bertz CT molecular complexity index is 400. The van der Waals surface area contributed by atoms with E-state index in [0.29, 0.717) is 5.92 Å². The minimum atomic E-state index is -0.193.